The maximum absolute atomic E-state index is 12.5. The normalized spacial score (nSPS) is 18.6. The number of amides is 1. The van der Waals surface area contributed by atoms with E-state index in [-0.39, 0.29) is 6.04 Å². The number of carbonyl (C=O) groups is 1. The fourth-order valence-corrected chi connectivity index (χ4v) is 2.40. The van der Waals surface area contributed by atoms with Crippen molar-refractivity contribution in [2.75, 3.05) is 25.0 Å². The van der Waals surface area contributed by atoms with Crippen LogP contribution in [0.3, 0.4) is 0 Å². The van der Waals surface area contributed by atoms with Crippen LogP contribution in [0.4, 0.5) is 23.8 Å². The first-order valence-corrected chi connectivity index (χ1v) is 7.59. The fraction of sp³-hybridized carbons (Fsp3) is 0.667. The van der Waals surface area contributed by atoms with Gasteiger partial charge < -0.3 is 14.5 Å². The largest absolute Gasteiger partial charge is 0.444 e. The van der Waals surface area contributed by atoms with E-state index in [1.54, 1.807) is 37.6 Å². The van der Waals surface area contributed by atoms with Crippen molar-refractivity contribution in [3.8, 4) is 0 Å². The second-order valence-electron chi connectivity index (χ2n) is 6.75. The zero-order valence-electron chi connectivity index (χ0n) is 14.1. The minimum absolute atomic E-state index is 0.0523. The lowest BCUT2D eigenvalue weighted by molar-refractivity contribution is -0.141. The van der Waals surface area contributed by atoms with Gasteiger partial charge in [-0.15, -0.1) is 10.2 Å². The summed E-state index contributed by atoms with van der Waals surface area (Å²) in [6, 6.07) is 2.13. The summed E-state index contributed by atoms with van der Waals surface area (Å²) in [6.07, 6.45) is -4.22. The van der Waals surface area contributed by atoms with Gasteiger partial charge in [-0.2, -0.15) is 13.2 Å². The number of hydrogen-bond acceptors (Lipinski definition) is 5. The Kier molecular flexibility index (Phi) is 4.91. The molecule has 2 rings (SSSR count). The third-order valence-corrected chi connectivity index (χ3v) is 3.67. The number of carbonyl (C=O) groups excluding carboxylic acids is 1. The molecule has 24 heavy (non-hydrogen) atoms. The Labute approximate surface area is 138 Å². The van der Waals surface area contributed by atoms with Crippen LogP contribution in [-0.4, -0.2) is 53.0 Å². The van der Waals surface area contributed by atoms with E-state index in [1.165, 1.54) is 6.07 Å². The molecular formula is C15H21F3N4O2. The van der Waals surface area contributed by atoms with Crippen LogP contribution in [0.1, 0.15) is 32.9 Å². The topological polar surface area (TPSA) is 58.6 Å². The van der Waals surface area contributed by atoms with Crippen molar-refractivity contribution in [1.82, 2.24) is 15.1 Å². The smallest absolute Gasteiger partial charge is 0.435 e. The number of hydrogen-bond donors (Lipinski definition) is 0. The highest BCUT2D eigenvalue weighted by molar-refractivity contribution is 5.68. The van der Waals surface area contributed by atoms with Gasteiger partial charge in [-0.1, -0.05) is 0 Å². The third-order valence-electron chi connectivity index (χ3n) is 3.67. The number of halogens is 3. The number of likely N-dealkylation sites (tertiary alicyclic amines) is 1. The van der Waals surface area contributed by atoms with Crippen LogP contribution in [0.15, 0.2) is 12.1 Å². The van der Waals surface area contributed by atoms with Crippen LogP contribution >= 0.6 is 0 Å². The van der Waals surface area contributed by atoms with Crippen molar-refractivity contribution in [2.24, 2.45) is 0 Å². The Morgan fingerprint density at radius 3 is 2.46 bits per heavy atom. The molecule has 0 radical (unpaired) electrons. The number of nitrogens with zero attached hydrogens (tertiary/aromatic N) is 4. The Bertz CT molecular complexity index is 584. The number of ether oxygens (including phenoxy) is 1. The number of rotatable bonds is 2. The number of anilines is 1. The summed E-state index contributed by atoms with van der Waals surface area (Å²) in [5.74, 6) is 0.332. The first kappa shape index (κ1) is 18.3. The van der Waals surface area contributed by atoms with Gasteiger partial charge in [-0.3, -0.25) is 0 Å². The highest BCUT2D eigenvalue weighted by Gasteiger charge is 2.34. The Hall–Kier alpha value is -2.06. The van der Waals surface area contributed by atoms with Gasteiger partial charge in [0.1, 0.15) is 5.60 Å². The monoisotopic (exact) mass is 346 g/mol. The molecule has 1 aliphatic heterocycles. The van der Waals surface area contributed by atoms with Crippen molar-refractivity contribution in [1.29, 1.82) is 0 Å². The van der Waals surface area contributed by atoms with E-state index in [9.17, 15) is 18.0 Å². The van der Waals surface area contributed by atoms with Crippen molar-refractivity contribution < 1.29 is 22.7 Å². The van der Waals surface area contributed by atoms with Gasteiger partial charge in [0.15, 0.2) is 11.5 Å². The molecule has 134 valence electrons. The van der Waals surface area contributed by atoms with E-state index in [0.717, 1.165) is 6.07 Å². The van der Waals surface area contributed by atoms with Gasteiger partial charge in [0, 0.05) is 26.2 Å². The lowest BCUT2D eigenvalue weighted by Crippen LogP contribution is -2.39. The zero-order valence-corrected chi connectivity index (χ0v) is 14.1. The predicted octanol–water partition coefficient (Wildman–Crippen LogP) is 2.94. The zero-order chi connectivity index (χ0) is 18.1. The lowest BCUT2D eigenvalue weighted by Gasteiger charge is -2.27. The summed E-state index contributed by atoms with van der Waals surface area (Å²) >= 11 is 0. The summed E-state index contributed by atoms with van der Waals surface area (Å²) in [5, 5.41) is 6.86. The molecule has 2 heterocycles. The lowest BCUT2D eigenvalue weighted by atomic mass is 10.2. The van der Waals surface area contributed by atoms with E-state index < -0.39 is 23.6 Å². The molecule has 9 heteroatoms. The molecule has 1 fully saturated rings. The first-order valence-electron chi connectivity index (χ1n) is 7.59. The van der Waals surface area contributed by atoms with E-state index in [2.05, 4.69) is 10.2 Å². The maximum atomic E-state index is 12.5. The first-order chi connectivity index (χ1) is 11.0. The predicted molar refractivity (Wildman–Crippen MR) is 81.6 cm³/mol. The van der Waals surface area contributed by atoms with Gasteiger partial charge in [0.2, 0.25) is 0 Å². The molecule has 0 saturated carbocycles. The van der Waals surface area contributed by atoms with Crippen molar-refractivity contribution >= 4 is 11.9 Å². The van der Waals surface area contributed by atoms with E-state index >= 15 is 0 Å². The molecule has 1 amide bonds. The van der Waals surface area contributed by atoms with Crippen LogP contribution in [0, 0.1) is 0 Å². The maximum Gasteiger partial charge on any atom is 0.435 e. The van der Waals surface area contributed by atoms with Crippen LogP contribution in [0.25, 0.3) is 0 Å². The average Bonchev–Trinajstić information content (AvgIpc) is 2.94. The molecule has 1 aromatic rings. The van der Waals surface area contributed by atoms with Crippen LogP contribution in [0.5, 0.6) is 0 Å². The molecule has 1 saturated heterocycles. The molecule has 0 N–H and O–H groups in total. The van der Waals surface area contributed by atoms with Crippen molar-refractivity contribution in [2.45, 2.75) is 45.0 Å². The highest BCUT2D eigenvalue weighted by Crippen LogP contribution is 2.28. The van der Waals surface area contributed by atoms with Gasteiger partial charge in [0.25, 0.3) is 0 Å². The molecule has 1 aromatic heterocycles. The molecule has 6 nitrogen and oxygen atoms in total. The SMILES string of the molecule is CN(c1ccc(C(F)(F)F)nn1)C1CCN(C(=O)OC(C)(C)C)C1. The van der Waals surface area contributed by atoms with Crippen LogP contribution in [0.2, 0.25) is 0 Å². The Morgan fingerprint density at radius 1 is 1.29 bits per heavy atom. The summed E-state index contributed by atoms with van der Waals surface area (Å²) in [4.78, 5) is 15.4. The second-order valence-corrected chi connectivity index (χ2v) is 6.75. The number of alkyl halides is 3. The Morgan fingerprint density at radius 2 is 1.96 bits per heavy atom. The summed E-state index contributed by atoms with van der Waals surface area (Å²) in [6.45, 7) is 6.33. The van der Waals surface area contributed by atoms with Crippen molar-refractivity contribution in [3.63, 3.8) is 0 Å². The van der Waals surface area contributed by atoms with Gasteiger partial charge in [-0.25, -0.2) is 4.79 Å². The van der Waals surface area contributed by atoms with Gasteiger partial charge in [-0.05, 0) is 39.3 Å². The molecular weight excluding hydrogens is 325 g/mol. The second kappa shape index (κ2) is 6.45. The number of likely N-dealkylation sites (N-methyl/N-ethyl adjacent to an activating group) is 1. The molecule has 0 spiro atoms. The molecule has 0 bridgehead atoms. The van der Waals surface area contributed by atoms with E-state index in [0.29, 0.717) is 25.3 Å². The molecule has 1 atom stereocenters. The van der Waals surface area contributed by atoms with E-state index in [4.69, 9.17) is 4.74 Å². The summed E-state index contributed by atoms with van der Waals surface area (Å²) < 4.78 is 42.9. The summed E-state index contributed by atoms with van der Waals surface area (Å²) in [7, 11) is 1.72. The standard InChI is InChI=1S/C15H21F3N4O2/c1-14(2,3)24-13(23)22-8-7-10(9-22)21(4)12-6-5-11(19-20-12)15(16,17)18/h5-6,10H,7-9H2,1-4H3. The highest BCUT2D eigenvalue weighted by atomic mass is 19.4. The Balaban J connectivity index is 1.99. The van der Waals surface area contributed by atoms with Crippen LogP contribution < -0.4 is 4.90 Å². The van der Waals surface area contributed by atoms with Crippen molar-refractivity contribution in [3.05, 3.63) is 17.8 Å². The van der Waals surface area contributed by atoms with Gasteiger partial charge >= 0.3 is 12.3 Å². The van der Waals surface area contributed by atoms with Crippen LogP contribution in [-0.2, 0) is 10.9 Å². The molecule has 1 aliphatic rings. The average molecular weight is 346 g/mol. The summed E-state index contributed by atoms with van der Waals surface area (Å²) in [5.41, 5.74) is -1.60. The van der Waals surface area contributed by atoms with E-state index in [1.807, 2.05) is 0 Å². The third kappa shape index (κ3) is 4.48. The van der Waals surface area contributed by atoms with Gasteiger partial charge in [0.05, 0.1) is 0 Å². The number of aromatic nitrogens is 2. The minimum atomic E-state index is -4.51. The molecule has 0 aliphatic carbocycles. The fourth-order valence-electron chi connectivity index (χ4n) is 2.40. The molecule has 0 aromatic carbocycles. The minimum Gasteiger partial charge on any atom is -0.444 e. The molecule has 1 unspecified atom stereocenters. The quantitative estimate of drug-likeness (QED) is 0.824.